The highest BCUT2D eigenvalue weighted by molar-refractivity contribution is 7.86. The summed E-state index contributed by atoms with van der Waals surface area (Å²) in [5.74, 6) is 0. The molecule has 3 nitrogen and oxygen atoms in total. The second-order valence-corrected chi connectivity index (χ2v) is 45.9. The van der Waals surface area contributed by atoms with E-state index in [9.17, 15) is 0 Å². The van der Waals surface area contributed by atoms with Crippen molar-refractivity contribution in [2.75, 3.05) is 0 Å². The van der Waals surface area contributed by atoms with Crippen LogP contribution in [-0.4, -0.2) is 0 Å². The number of benzene rings is 27. The van der Waals surface area contributed by atoms with Crippen LogP contribution in [0.25, 0.3) is 196 Å². The van der Waals surface area contributed by atoms with Crippen LogP contribution in [-0.2, 0) is 13.7 Å². The van der Waals surface area contributed by atoms with E-state index >= 15 is 13.7 Å². The predicted octanol–water partition coefficient (Wildman–Crippen LogP) is 34.3. The zero-order chi connectivity index (χ0) is 97.7. The molecule has 0 heterocycles. The maximum atomic E-state index is 15.1. The second-order valence-electron chi connectivity index (χ2n) is 37.6. The Labute approximate surface area is 849 Å². The van der Waals surface area contributed by atoms with Crippen LogP contribution in [0.15, 0.2) is 576 Å². The third-order valence-electron chi connectivity index (χ3n) is 29.3. The van der Waals surface area contributed by atoms with E-state index in [1.807, 2.05) is 182 Å². The van der Waals surface area contributed by atoms with Gasteiger partial charge in [0.05, 0.1) is 0 Å². The lowest BCUT2D eigenvalue weighted by atomic mass is 9.84. The Morgan fingerprint density at radius 1 is 0.103 bits per heavy atom. The lowest BCUT2D eigenvalue weighted by Gasteiger charge is -2.21. The van der Waals surface area contributed by atoms with E-state index < -0.39 is 21.4 Å². The monoisotopic (exact) mass is 1920 g/mol. The van der Waals surface area contributed by atoms with Gasteiger partial charge >= 0.3 is 0 Å². The highest BCUT2D eigenvalue weighted by Crippen LogP contribution is 2.53. The van der Waals surface area contributed by atoms with Gasteiger partial charge in [0.1, 0.15) is 0 Å². The van der Waals surface area contributed by atoms with Crippen LogP contribution in [0.3, 0.4) is 0 Å². The molecule has 0 aliphatic carbocycles. The molecule has 0 N–H and O–H groups in total. The standard InChI is InChI=1S/C48H33OP.2C46H31OP/c49-50(40-16-6-2-7-17-40,41-18-8-3-9-19-41)42-31-30-37-32-39(29-28-38(37)33-42)48-45-22-12-10-20-43(45)47(44-21-11-13-23-46(44)48)36-26-24-35(25-27-36)34-14-4-1-5-15-34;47-48(36-16-3-1-4-17-36,37-18-5-2-6-19-37)38-29-28-33-30-35(27-26-34(33)31-38)45-41-21-9-11-23-43(41)46(44-24-12-10-22-42(44)45)40-25-13-15-32-14-7-8-20-39(32)40;47-48(38-15-3-1-4-16-38,39-17-5-2-6-18-39)40-28-27-34-30-37(26-24-35(34)31-40)46-43-21-11-9-19-41(43)45(42-20-10-12-22-44(42)46)36-25-23-32-13-7-8-14-33(32)29-36/h1-33H;2*1-31H. The van der Waals surface area contributed by atoms with E-state index in [1.54, 1.807) is 0 Å². The molecule has 0 aromatic heterocycles. The fraction of sp³-hybridized carbons (Fsp3) is 0. The number of hydrogen-bond donors (Lipinski definition) is 0. The zero-order valence-corrected chi connectivity index (χ0v) is 82.6. The molecule has 146 heavy (non-hydrogen) atoms. The minimum Gasteiger partial charge on any atom is -0.309 e. The molecule has 27 rings (SSSR count). The van der Waals surface area contributed by atoms with Gasteiger partial charge in [-0.25, -0.2) is 0 Å². The number of rotatable bonds is 16. The average molecular weight is 1920 g/mol. The van der Waals surface area contributed by atoms with Crippen LogP contribution in [0.2, 0.25) is 0 Å². The highest BCUT2D eigenvalue weighted by Gasteiger charge is 2.34. The summed E-state index contributed by atoms with van der Waals surface area (Å²) in [6.45, 7) is 0. The van der Waals surface area contributed by atoms with Crippen molar-refractivity contribution in [1.29, 1.82) is 0 Å². The zero-order valence-electron chi connectivity index (χ0n) is 79.9. The second kappa shape index (κ2) is 38.4. The van der Waals surface area contributed by atoms with Gasteiger partial charge in [0, 0.05) is 47.7 Å². The fourth-order valence-corrected chi connectivity index (χ4v) is 30.5. The van der Waals surface area contributed by atoms with Crippen molar-refractivity contribution >= 4 is 188 Å². The molecule has 0 amide bonds. The Kier molecular flexibility index (Phi) is 23.6. The molecule has 0 bridgehead atoms. The Balaban J connectivity index is 0.000000114. The lowest BCUT2D eigenvalue weighted by molar-refractivity contribution is 0.591. The smallest absolute Gasteiger partial charge is 0.171 e. The summed E-state index contributed by atoms with van der Waals surface area (Å²) in [4.78, 5) is 0. The van der Waals surface area contributed by atoms with Crippen LogP contribution in [0, 0.1) is 0 Å². The predicted molar refractivity (Wildman–Crippen MR) is 628 cm³/mol. The van der Waals surface area contributed by atoms with Crippen molar-refractivity contribution in [2.24, 2.45) is 0 Å². The van der Waals surface area contributed by atoms with Gasteiger partial charge in [0.15, 0.2) is 21.4 Å². The first-order valence-electron chi connectivity index (χ1n) is 49.8. The van der Waals surface area contributed by atoms with Gasteiger partial charge in [0.25, 0.3) is 0 Å². The molecule has 0 radical (unpaired) electrons. The molecule has 0 saturated carbocycles. The molecule has 27 aromatic carbocycles. The molecule has 0 spiro atoms. The van der Waals surface area contributed by atoms with Crippen molar-refractivity contribution in [1.82, 2.24) is 0 Å². The largest absolute Gasteiger partial charge is 0.309 e. The van der Waals surface area contributed by atoms with Crippen LogP contribution in [0.4, 0.5) is 0 Å². The lowest BCUT2D eigenvalue weighted by Crippen LogP contribution is -2.24. The molecule has 0 atom stereocenters. The minimum absolute atomic E-state index is 0.841. The Morgan fingerprint density at radius 2 is 0.288 bits per heavy atom. The maximum Gasteiger partial charge on any atom is 0.171 e. The number of fused-ring (bicyclic) bond motifs is 11. The summed E-state index contributed by atoms with van der Waals surface area (Å²) < 4.78 is 45.2. The van der Waals surface area contributed by atoms with Crippen molar-refractivity contribution in [3.05, 3.63) is 576 Å². The van der Waals surface area contributed by atoms with Gasteiger partial charge < -0.3 is 13.7 Å². The summed E-state index contributed by atoms with van der Waals surface area (Å²) in [5.41, 5.74) is 17.1. The summed E-state index contributed by atoms with van der Waals surface area (Å²) in [6, 6.07) is 201. The van der Waals surface area contributed by atoms with Gasteiger partial charge in [0.2, 0.25) is 0 Å². The Hall–Kier alpha value is -17.5. The molecule has 0 aliphatic rings. The van der Waals surface area contributed by atoms with Crippen molar-refractivity contribution in [3.63, 3.8) is 0 Å². The quantitative estimate of drug-likeness (QED) is 0.0716. The van der Waals surface area contributed by atoms with Crippen molar-refractivity contribution < 1.29 is 13.7 Å². The molecular formula is C140H95O3P3. The summed E-state index contributed by atoms with van der Waals surface area (Å²) >= 11 is 0. The molecule has 0 aliphatic heterocycles. The highest BCUT2D eigenvalue weighted by atomic mass is 31.2. The van der Waals surface area contributed by atoms with Gasteiger partial charge in [-0.1, -0.05) is 534 Å². The number of hydrogen-bond acceptors (Lipinski definition) is 3. The first-order valence-corrected chi connectivity index (χ1v) is 54.9. The van der Waals surface area contributed by atoms with E-state index in [0.717, 1.165) is 85.6 Å². The SMILES string of the molecule is O=P(c1ccccc1)(c1ccccc1)c1ccc2cc(-c3c4ccccc4c(-c4ccc(-c5ccccc5)cc4)c4ccccc34)ccc2c1.O=P(c1ccccc1)(c1ccccc1)c1ccc2cc(-c3c4ccccc4c(-c4ccc5ccccc5c4)c4ccccc34)ccc2c1.O=P(c1ccccc1)(c1ccccc1)c1ccc2cc(-c3c4ccccc4c(-c4cccc5ccccc45)c4ccccc34)ccc2c1. The maximum absolute atomic E-state index is 15.1. The van der Waals surface area contributed by atoms with Gasteiger partial charge in [-0.15, -0.1) is 0 Å². The van der Waals surface area contributed by atoms with E-state index in [0.29, 0.717) is 0 Å². The third-order valence-corrected chi connectivity index (χ3v) is 38.5. The molecule has 0 unspecified atom stereocenters. The molecule has 0 saturated heterocycles. The Bertz CT molecular complexity index is 9580. The van der Waals surface area contributed by atoms with E-state index in [2.05, 4.69) is 394 Å². The molecule has 0 fully saturated rings. The van der Waals surface area contributed by atoms with Crippen molar-refractivity contribution in [3.8, 4) is 77.9 Å². The summed E-state index contributed by atoms with van der Waals surface area (Å²) in [6.07, 6.45) is 0. The van der Waals surface area contributed by atoms with Gasteiger partial charge in [-0.3, -0.25) is 0 Å². The molecule has 688 valence electrons. The fourth-order valence-electron chi connectivity index (χ4n) is 22.4. The first-order chi connectivity index (χ1) is 72.1. The molecular weight excluding hydrogens is 1820 g/mol. The van der Waals surface area contributed by atoms with Crippen LogP contribution >= 0.6 is 21.4 Å². The topological polar surface area (TPSA) is 51.2 Å². The van der Waals surface area contributed by atoms with E-state index in [-0.39, 0.29) is 0 Å². The van der Waals surface area contributed by atoms with Crippen molar-refractivity contribution in [2.45, 2.75) is 0 Å². The first kappa shape index (κ1) is 89.8. The third kappa shape index (κ3) is 16.1. The molecule has 27 aromatic rings. The minimum atomic E-state index is -3.07. The normalized spacial score (nSPS) is 11.8. The molecule has 6 heteroatoms. The van der Waals surface area contributed by atoms with Gasteiger partial charge in [-0.05, 0) is 239 Å². The van der Waals surface area contributed by atoms with Gasteiger partial charge in [-0.2, -0.15) is 0 Å². The van der Waals surface area contributed by atoms with Crippen LogP contribution < -0.4 is 47.7 Å². The summed E-state index contributed by atoms with van der Waals surface area (Å²) in [5, 5.41) is 33.9. The Morgan fingerprint density at radius 3 is 0.582 bits per heavy atom. The van der Waals surface area contributed by atoms with E-state index in [1.165, 1.54) is 159 Å². The van der Waals surface area contributed by atoms with E-state index in [4.69, 9.17) is 0 Å². The average Bonchev–Trinajstić information content (AvgIpc) is 0.732. The van der Waals surface area contributed by atoms with Crippen LogP contribution in [0.5, 0.6) is 0 Å². The summed E-state index contributed by atoms with van der Waals surface area (Å²) in [7, 11) is -9.21. The van der Waals surface area contributed by atoms with Crippen LogP contribution in [0.1, 0.15) is 0 Å².